The average Bonchev–Trinajstić information content (AvgIpc) is 2.95. The maximum atomic E-state index is 5.36. The molecule has 0 spiro atoms. The fourth-order valence-corrected chi connectivity index (χ4v) is 2.95. The summed E-state index contributed by atoms with van der Waals surface area (Å²) in [5.74, 6) is 2.40. The van der Waals surface area contributed by atoms with Crippen LogP contribution in [-0.4, -0.2) is 46.2 Å². The molecule has 3 heterocycles. The summed E-state index contributed by atoms with van der Waals surface area (Å²) in [6, 6.07) is 3.87. The van der Waals surface area contributed by atoms with E-state index in [9.17, 15) is 0 Å². The summed E-state index contributed by atoms with van der Waals surface area (Å²) >= 11 is 0. The van der Waals surface area contributed by atoms with Crippen LogP contribution in [-0.2, 0) is 0 Å². The number of pyridine rings is 1. The molecule has 6 heteroatoms. The van der Waals surface area contributed by atoms with E-state index in [-0.39, 0.29) is 5.92 Å². The van der Waals surface area contributed by atoms with Crippen molar-refractivity contribution < 1.29 is 4.52 Å². The molecule has 0 unspecified atom stereocenters. The van der Waals surface area contributed by atoms with Crippen molar-refractivity contribution >= 4 is 5.82 Å². The number of nitrogens with zero attached hydrogens (tertiary/aromatic N) is 4. The van der Waals surface area contributed by atoms with Gasteiger partial charge in [-0.1, -0.05) is 31.8 Å². The van der Waals surface area contributed by atoms with Crippen molar-refractivity contribution in [3.05, 3.63) is 24.2 Å². The highest BCUT2D eigenvalue weighted by Crippen LogP contribution is 2.21. The van der Waals surface area contributed by atoms with E-state index in [0.717, 1.165) is 30.3 Å². The van der Waals surface area contributed by atoms with Crippen molar-refractivity contribution in [2.45, 2.75) is 45.4 Å². The van der Waals surface area contributed by atoms with Gasteiger partial charge in [0.1, 0.15) is 5.82 Å². The normalized spacial score (nSPS) is 16.3. The predicted molar refractivity (Wildman–Crippen MR) is 95.0 cm³/mol. The number of aromatic nitrogens is 3. The zero-order chi connectivity index (χ0) is 16.8. The molecule has 24 heavy (non-hydrogen) atoms. The highest BCUT2D eigenvalue weighted by atomic mass is 16.5. The monoisotopic (exact) mass is 329 g/mol. The van der Waals surface area contributed by atoms with Gasteiger partial charge in [0.2, 0.25) is 0 Å². The van der Waals surface area contributed by atoms with E-state index >= 15 is 0 Å². The van der Waals surface area contributed by atoms with Gasteiger partial charge < -0.3 is 14.7 Å². The molecule has 0 bridgehead atoms. The van der Waals surface area contributed by atoms with E-state index in [1.807, 2.05) is 12.1 Å². The summed E-state index contributed by atoms with van der Waals surface area (Å²) in [5.41, 5.74) is 0.904. The van der Waals surface area contributed by atoms with Crippen LogP contribution in [0.5, 0.6) is 0 Å². The first kappa shape index (κ1) is 16.9. The zero-order valence-electron chi connectivity index (χ0n) is 14.7. The Morgan fingerprint density at radius 2 is 2.00 bits per heavy atom. The van der Waals surface area contributed by atoms with Crippen LogP contribution >= 0.6 is 0 Å². The van der Waals surface area contributed by atoms with Gasteiger partial charge in [-0.25, -0.2) is 4.98 Å². The fraction of sp³-hybridized carbons (Fsp3) is 0.611. The van der Waals surface area contributed by atoms with Crippen LogP contribution in [0.1, 0.15) is 51.3 Å². The topological polar surface area (TPSA) is 67.1 Å². The third-order valence-corrected chi connectivity index (χ3v) is 4.40. The quantitative estimate of drug-likeness (QED) is 0.874. The van der Waals surface area contributed by atoms with Crippen molar-refractivity contribution in [3.63, 3.8) is 0 Å². The Labute approximate surface area is 143 Å². The molecule has 2 aromatic heterocycles. The van der Waals surface area contributed by atoms with Crippen LogP contribution in [0.15, 0.2) is 22.9 Å². The summed E-state index contributed by atoms with van der Waals surface area (Å²) in [6.45, 7) is 8.50. The van der Waals surface area contributed by atoms with Gasteiger partial charge in [-0.2, -0.15) is 4.98 Å². The summed E-state index contributed by atoms with van der Waals surface area (Å²) in [4.78, 5) is 11.4. The maximum Gasteiger partial charge on any atom is 0.258 e. The second kappa shape index (κ2) is 8.24. The van der Waals surface area contributed by atoms with Crippen LogP contribution in [0.2, 0.25) is 0 Å². The van der Waals surface area contributed by atoms with E-state index in [0.29, 0.717) is 5.89 Å². The Balaban J connectivity index is 1.56. The Hall–Kier alpha value is -1.95. The lowest BCUT2D eigenvalue weighted by atomic mass is 10.2. The number of likely N-dealkylation sites (tertiary alicyclic amines) is 1. The summed E-state index contributed by atoms with van der Waals surface area (Å²) in [5, 5.41) is 7.43. The van der Waals surface area contributed by atoms with Crippen molar-refractivity contribution in [2.75, 3.05) is 31.5 Å². The molecule has 2 aromatic rings. The van der Waals surface area contributed by atoms with Crippen LogP contribution in [0.3, 0.4) is 0 Å². The smallest absolute Gasteiger partial charge is 0.258 e. The van der Waals surface area contributed by atoms with Gasteiger partial charge in [0.15, 0.2) is 5.82 Å². The molecule has 0 saturated carbocycles. The zero-order valence-corrected chi connectivity index (χ0v) is 14.7. The molecule has 6 nitrogen and oxygen atoms in total. The number of anilines is 1. The minimum Gasteiger partial charge on any atom is -0.369 e. The molecule has 0 aliphatic carbocycles. The number of hydrogen-bond acceptors (Lipinski definition) is 6. The Bertz CT molecular complexity index is 632. The standard InChI is InChI=1S/C18H27N5O/c1-14(2)17-21-18(24-22-17)15-7-8-19-16(13-15)20-9-12-23-10-5-3-4-6-11-23/h7-8,13-14H,3-6,9-12H2,1-2H3,(H,19,20). The van der Waals surface area contributed by atoms with E-state index in [1.165, 1.54) is 38.8 Å². The van der Waals surface area contributed by atoms with Gasteiger partial charge in [-0.3, -0.25) is 0 Å². The fourth-order valence-electron chi connectivity index (χ4n) is 2.95. The lowest BCUT2D eigenvalue weighted by Crippen LogP contribution is -2.30. The molecule has 1 saturated heterocycles. The van der Waals surface area contributed by atoms with Gasteiger partial charge in [-0.15, -0.1) is 0 Å². The largest absolute Gasteiger partial charge is 0.369 e. The maximum absolute atomic E-state index is 5.36. The predicted octanol–water partition coefficient (Wildman–Crippen LogP) is 3.54. The Morgan fingerprint density at radius 1 is 1.21 bits per heavy atom. The number of hydrogen-bond donors (Lipinski definition) is 1. The van der Waals surface area contributed by atoms with Gasteiger partial charge in [0.05, 0.1) is 0 Å². The van der Waals surface area contributed by atoms with Gasteiger partial charge in [-0.05, 0) is 38.1 Å². The van der Waals surface area contributed by atoms with E-state index in [4.69, 9.17) is 4.52 Å². The third kappa shape index (κ3) is 4.54. The third-order valence-electron chi connectivity index (χ3n) is 4.40. The Morgan fingerprint density at radius 3 is 2.71 bits per heavy atom. The summed E-state index contributed by atoms with van der Waals surface area (Å²) < 4.78 is 5.36. The first-order chi connectivity index (χ1) is 11.7. The minimum absolute atomic E-state index is 0.260. The van der Waals surface area contributed by atoms with E-state index < -0.39 is 0 Å². The molecule has 3 rings (SSSR count). The molecule has 1 N–H and O–H groups in total. The molecule has 1 fully saturated rings. The van der Waals surface area contributed by atoms with Crippen molar-refractivity contribution in [1.29, 1.82) is 0 Å². The van der Waals surface area contributed by atoms with Gasteiger partial charge >= 0.3 is 0 Å². The highest BCUT2D eigenvalue weighted by molar-refractivity contribution is 5.57. The van der Waals surface area contributed by atoms with Gasteiger partial charge in [0.25, 0.3) is 5.89 Å². The molecule has 130 valence electrons. The highest BCUT2D eigenvalue weighted by Gasteiger charge is 2.12. The first-order valence-electron chi connectivity index (χ1n) is 8.98. The molecule has 0 radical (unpaired) electrons. The van der Waals surface area contributed by atoms with Crippen LogP contribution in [0.4, 0.5) is 5.82 Å². The Kier molecular flexibility index (Phi) is 5.80. The summed E-state index contributed by atoms with van der Waals surface area (Å²) in [7, 11) is 0. The number of nitrogens with one attached hydrogen (secondary N) is 1. The molecule has 1 aliphatic rings. The number of rotatable bonds is 6. The molecule has 0 amide bonds. The van der Waals surface area contributed by atoms with E-state index in [1.54, 1.807) is 6.20 Å². The van der Waals surface area contributed by atoms with Crippen LogP contribution in [0, 0.1) is 0 Å². The summed E-state index contributed by atoms with van der Waals surface area (Å²) in [6.07, 6.45) is 7.17. The van der Waals surface area contributed by atoms with Crippen molar-refractivity contribution in [3.8, 4) is 11.5 Å². The average molecular weight is 329 g/mol. The van der Waals surface area contributed by atoms with E-state index in [2.05, 4.69) is 39.2 Å². The lowest BCUT2D eigenvalue weighted by Gasteiger charge is -2.19. The van der Waals surface area contributed by atoms with Crippen molar-refractivity contribution in [1.82, 2.24) is 20.0 Å². The molecular formula is C18H27N5O. The molecule has 0 atom stereocenters. The van der Waals surface area contributed by atoms with Crippen LogP contribution < -0.4 is 5.32 Å². The minimum atomic E-state index is 0.260. The van der Waals surface area contributed by atoms with Crippen molar-refractivity contribution in [2.24, 2.45) is 0 Å². The second-order valence-electron chi connectivity index (χ2n) is 6.72. The SMILES string of the molecule is CC(C)c1noc(-c2ccnc(NCCN3CCCCCC3)c2)n1. The first-order valence-corrected chi connectivity index (χ1v) is 8.98. The molecule has 0 aromatic carbocycles. The van der Waals surface area contributed by atoms with Gasteiger partial charge in [0, 0.05) is 30.8 Å². The second-order valence-corrected chi connectivity index (χ2v) is 6.72. The molecular weight excluding hydrogens is 302 g/mol. The van der Waals surface area contributed by atoms with Crippen LogP contribution in [0.25, 0.3) is 11.5 Å². The lowest BCUT2D eigenvalue weighted by molar-refractivity contribution is 0.296. The molecule has 1 aliphatic heterocycles.